The monoisotopic (exact) mass is 458 g/mol. The van der Waals surface area contributed by atoms with Crippen LogP contribution in [0.3, 0.4) is 0 Å². The van der Waals surface area contributed by atoms with Gasteiger partial charge in [-0.05, 0) is 54.6 Å². The average molecular weight is 459 g/mol. The van der Waals surface area contributed by atoms with Crippen LogP contribution in [-0.4, -0.2) is 24.5 Å². The summed E-state index contributed by atoms with van der Waals surface area (Å²) < 4.78 is 39.1. The maximum atomic E-state index is 13.8. The van der Waals surface area contributed by atoms with E-state index in [-0.39, 0.29) is 10.7 Å². The Kier molecular flexibility index (Phi) is 5.69. The van der Waals surface area contributed by atoms with Crippen LogP contribution in [0.5, 0.6) is 0 Å². The van der Waals surface area contributed by atoms with E-state index in [1.807, 2.05) is 24.3 Å². The van der Waals surface area contributed by atoms with Gasteiger partial charge in [0.2, 0.25) is 0 Å². The topological polar surface area (TPSA) is 52.0 Å². The van der Waals surface area contributed by atoms with Gasteiger partial charge in [-0.1, -0.05) is 41.6 Å². The van der Waals surface area contributed by atoms with Gasteiger partial charge >= 0.3 is 0 Å². The standard InChI is InChI=1S/C22H16ClFN2O2S2/c1-30(27,28)20-11-5-15(6-12-20)22-21(29-19-9-7-16(23)8-10-19)14-25-26(22)18-4-2-3-17(24)13-18/h2-14H,1H3. The molecule has 0 saturated heterocycles. The lowest BCUT2D eigenvalue weighted by Crippen LogP contribution is -2.01. The third-order valence-electron chi connectivity index (χ3n) is 4.39. The number of rotatable bonds is 5. The molecule has 30 heavy (non-hydrogen) atoms. The maximum absolute atomic E-state index is 13.8. The van der Waals surface area contributed by atoms with E-state index in [0.717, 1.165) is 21.0 Å². The number of hydrogen-bond acceptors (Lipinski definition) is 4. The predicted octanol–water partition coefficient (Wildman–Crippen LogP) is 5.89. The van der Waals surface area contributed by atoms with Crippen molar-refractivity contribution in [3.8, 4) is 16.9 Å². The van der Waals surface area contributed by atoms with Gasteiger partial charge in [-0.25, -0.2) is 17.5 Å². The second-order valence-electron chi connectivity index (χ2n) is 6.60. The minimum Gasteiger partial charge on any atom is -0.232 e. The molecule has 4 nitrogen and oxygen atoms in total. The highest BCUT2D eigenvalue weighted by atomic mass is 35.5. The zero-order valence-electron chi connectivity index (χ0n) is 15.8. The number of hydrogen-bond donors (Lipinski definition) is 0. The zero-order valence-corrected chi connectivity index (χ0v) is 18.2. The Bertz CT molecular complexity index is 1300. The van der Waals surface area contributed by atoms with E-state index in [1.54, 1.807) is 47.3 Å². The molecule has 0 amide bonds. The molecule has 0 aliphatic carbocycles. The molecular weight excluding hydrogens is 443 g/mol. The van der Waals surface area contributed by atoms with E-state index in [9.17, 15) is 12.8 Å². The van der Waals surface area contributed by atoms with Crippen molar-refractivity contribution >= 4 is 33.2 Å². The normalized spacial score (nSPS) is 11.6. The van der Waals surface area contributed by atoms with Gasteiger partial charge in [-0.15, -0.1) is 0 Å². The summed E-state index contributed by atoms with van der Waals surface area (Å²) in [7, 11) is -3.31. The molecule has 0 spiro atoms. The lowest BCUT2D eigenvalue weighted by Gasteiger charge is -2.11. The number of nitrogens with zero attached hydrogens (tertiary/aromatic N) is 2. The molecular formula is C22H16ClFN2O2S2. The summed E-state index contributed by atoms with van der Waals surface area (Å²) in [5, 5.41) is 5.12. The molecule has 3 aromatic carbocycles. The van der Waals surface area contributed by atoms with Crippen LogP contribution in [0.4, 0.5) is 4.39 Å². The Morgan fingerprint density at radius 3 is 2.33 bits per heavy atom. The Balaban J connectivity index is 1.84. The molecule has 8 heteroatoms. The molecule has 0 unspecified atom stereocenters. The second-order valence-corrected chi connectivity index (χ2v) is 10.2. The molecule has 1 aromatic heterocycles. The van der Waals surface area contributed by atoms with Gasteiger partial charge in [-0.3, -0.25) is 0 Å². The first-order valence-electron chi connectivity index (χ1n) is 8.89. The van der Waals surface area contributed by atoms with E-state index in [2.05, 4.69) is 5.10 Å². The highest BCUT2D eigenvalue weighted by Gasteiger charge is 2.17. The predicted molar refractivity (Wildman–Crippen MR) is 118 cm³/mol. The van der Waals surface area contributed by atoms with Gasteiger partial charge < -0.3 is 0 Å². The molecule has 0 aliphatic heterocycles. The van der Waals surface area contributed by atoms with Crippen LogP contribution >= 0.6 is 23.4 Å². The first-order chi connectivity index (χ1) is 14.3. The lowest BCUT2D eigenvalue weighted by atomic mass is 10.1. The number of benzene rings is 3. The average Bonchev–Trinajstić information content (AvgIpc) is 3.13. The lowest BCUT2D eigenvalue weighted by molar-refractivity contribution is 0.602. The SMILES string of the molecule is CS(=O)(=O)c1ccc(-c2c(Sc3ccc(Cl)cc3)cnn2-c2cccc(F)c2)cc1. The van der Waals surface area contributed by atoms with Crippen LogP contribution in [0.25, 0.3) is 16.9 Å². The van der Waals surface area contributed by atoms with Gasteiger partial charge in [0.25, 0.3) is 0 Å². The summed E-state index contributed by atoms with van der Waals surface area (Å²) in [6.45, 7) is 0. The van der Waals surface area contributed by atoms with Crippen molar-refractivity contribution in [3.63, 3.8) is 0 Å². The van der Waals surface area contributed by atoms with Crippen LogP contribution in [0.15, 0.2) is 93.7 Å². The smallest absolute Gasteiger partial charge is 0.175 e. The highest BCUT2D eigenvalue weighted by Crippen LogP contribution is 2.38. The van der Waals surface area contributed by atoms with Crippen molar-refractivity contribution in [2.45, 2.75) is 14.7 Å². The Labute approximate surface area is 183 Å². The van der Waals surface area contributed by atoms with Crippen molar-refractivity contribution in [1.29, 1.82) is 0 Å². The quantitative estimate of drug-likeness (QED) is 0.374. The minimum atomic E-state index is -3.31. The molecule has 0 aliphatic rings. The summed E-state index contributed by atoms with van der Waals surface area (Å²) in [6, 6.07) is 20.2. The molecule has 0 N–H and O–H groups in total. The Morgan fingerprint density at radius 1 is 1.00 bits per heavy atom. The van der Waals surface area contributed by atoms with Crippen molar-refractivity contribution in [2.24, 2.45) is 0 Å². The van der Waals surface area contributed by atoms with Crippen molar-refractivity contribution in [1.82, 2.24) is 9.78 Å². The summed E-state index contributed by atoms with van der Waals surface area (Å²) in [6.07, 6.45) is 2.88. The summed E-state index contributed by atoms with van der Waals surface area (Å²) in [5.74, 6) is -0.367. The van der Waals surface area contributed by atoms with Crippen LogP contribution < -0.4 is 0 Å². The third kappa shape index (κ3) is 4.43. The molecule has 4 aromatic rings. The minimum absolute atomic E-state index is 0.231. The van der Waals surface area contributed by atoms with Crippen LogP contribution in [0.2, 0.25) is 5.02 Å². The van der Waals surface area contributed by atoms with E-state index in [0.29, 0.717) is 10.7 Å². The fourth-order valence-electron chi connectivity index (χ4n) is 2.97. The van der Waals surface area contributed by atoms with Gasteiger partial charge in [0.1, 0.15) is 5.82 Å². The van der Waals surface area contributed by atoms with Gasteiger partial charge in [0, 0.05) is 21.7 Å². The van der Waals surface area contributed by atoms with Crippen molar-refractivity contribution in [3.05, 3.63) is 89.8 Å². The van der Waals surface area contributed by atoms with Crippen molar-refractivity contribution in [2.75, 3.05) is 6.26 Å². The molecule has 0 atom stereocenters. The van der Waals surface area contributed by atoms with E-state index >= 15 is 0 Å². The van der Waals surface area contributed by atoms with Crippen LogP contribution in [0, 0.1) is 5.82 Å². The summed E-state index contributed by atoms with van der Waals surface area (Å²) in [5.41, 5.74) is 2.07. The fraction of sp³-hybridized carbons (Fsp3) is 0.0455. The molecule has 0 fully saturated rings. The third-order valence-corrected chi connectivity index (χ3v) is 6.79. The molecule has 0 bridgehead atoms. The van der Waals surface area contributed by atoms with Crippen LogP contribution in [0.1, 0.15) is 0 Å². The Hall–Kier alpha value is -2.61. The first kappa shape index (κ1) is 20.7. The Morgan fingerprint density at radius 2 is 1.70 bits per heavy atom. The zero-order chi connectivity index (χ0) is 21.3. The fourth-order valence-corrected chi connectivity index (χ4v) is 4.65. The molecule has 0 saturated carbocycles. The van der Waals surface area contributed by atoms with E-state index in [4.69, 9.17) is 11.6 Å². The van der Waals surface area contributed by atoms with Crippen molar-refractivity contribution < 1.29 is 12.8 Å². The molecule has 0 radical (unpaired) electrons. The maximum Gasteiger partial charge on any atom is 0.175 e. The number of halogens is 2. The molecule has 1 heterocycles. The van der Waals surface area contributed by atoms with Gasteiger partial charge in [0.05, 0.1) is 27.4 Å². The van der Waals surface area contributed by atoms with Gasteiger partial charge in [0.15, 0.2) is 9.84 Å². The number of aromatic nitrogens is 2. The summed E-state index contributed by atoms with van der Waals surface area (Å²) >= 11 is 7.48. The number of sulfone groups is 1. The van der Waals surface area contributed by atoms with Gasteiger partial charge in [-0.2, -0.15) is 5.10 Å². The first-order valence-corrected chi connectivity index (χ1v) is 12.0. The van der Waals surface area contributed by atoms with E-state index < -0.39 is 9.84 Å². The summed E-state index contributed by atoms with van der Waals surface area (Å²) in [4.78, 5) is 2.04. The molecule has 4 rings (SSSR count). The van der Waals surface area contributed by atoms with Crippen LogP contribution in [-0.2, 0) is 9.84 Å². The largest absolute Gasteiger partial charge is 0.232 e. The molecule has 152 valence electrons. The second kappa shape index (κ2) is 8.26. The highest BCUT2D eigenvalue weighted by molar-refractivity contribution is 7.99. The van der Waals surface area contributed by atoms with E-state index in [1.165, 1.54) is 30.2 Å².